The first kappa shape index (κ1) is 25.4. The van der Waals surface area contributed by atoms with E-state index in [-0.39, 0.29) is 19.0 Å². The number of carbonyl (C=O) groups is 1. The normalized spacial score (nSPS) is 20.7. The number of aliphatic hydroxyl groups excluding tert-OH is 2. The summed E-state index contributed by atoms with van der Waals surface area (Å²) in [5, 5.41) is 21.9. The number of Topliss-reactive ketones (excluding diaryl/α,β-unsaturated/α-hetero) is 1. The van der Waals surface area contributed by atoms with Gasteiger partial charge in [0.05, 0.1) is 11.5 Å². The van der Waals surface area contributed by atoms with Crippen LogP contribution >= 0.6 is 11.3 Å². The van der Waals surface area contributed by atoms with Crippen LogP contribution in [-0.2, 0) is 19.3 Å². The third kappa shape index (κ3) is 4.83. The summed E-state index contributed by atoms with van der Waals surface area (Å²) in [6, 6.07) is 4.26. The van der Waals surface area contributed by atoms with Crippen LogP contribution in [0.1, 0.15) is 75.5 Å². The predicted molar refractivity (Wildman–Crippen MR) is 137 cm³/mol. The highest BCUT2D eigenvalue weighted by Gasteiger charge is 2.63. The molecule has 1 aromatic carbocycles. The molecule has 3 N–H and O–H groups in total. The van der Waals surface area contributed by atoms with Gasteiger partial charge < -0.3 is 20.3 Å². The minimum atomic E-state index is -0.638. The fourth-order valence-corrected chi connectivity index (χ4v) is 7.05. The van der Waals surface area contributed by atoms with Crippen LogP contribution in [-0.4, -0.2) is 48.4 Å². The quantitative estimate of drug-likeness (QED) is 0.308. The lowest BCUT2D eigenvalue weighted by atomic mass is 9.93. The van der Waals surface area contributed by atoms with Crippen molar-refractivity contribution in [2.24, 2.45) is 11.3 Å². The zero-order valence-corrected chi connectivity index (χ0v) is 22.0. The van der Waals surface area contributed by atoms with Crippen molar-refractivity contribution in [1.29, 1.82) is 0 Å². The lowest BCUT2D eigenvalue weighted by molar-refractivity contribution is 0.0985. The summed E-state index contributed by atoms with van der Waals surface area (Å²) in [6.45, 7) is 12.1. The Morgan fingerprint density at radius 1 is 1.32 bits per heavy atom. The highest BCUT2D eigenvalue weighted by atomic mass is 32.1. The van der Waals surface area contributed by atoms with Crippen LogP contribution < -0.4 is 10.1 Å². The number of nitrogens with one attached hydrogen (secondary N) is 1. The van der Waals surface area contributed by atoms with E-state index in [1.807, 2.05) is 6.92 Å². The predicted octanol–water partition coefficient (Wildman–Crippen LogP) is 4.36. The molecule has 1 fully saturated rings. The Labute approximate surface area is 207 Å². The van der Waals surface area contributed by atoms with Crippen molar-refractivity contribution in [3.05, 3.63) is 49.7 Å². The number of aryl methyl sites for hydroxylation is 4. The number of ketones is 1. The fourth-order valence-electron chi connectivity index (χ4n) is 5.86. The summed E-state index contributed by atoms with van der Waals surface area (Å²) >= 11 is 1.71. The smallest absolute Gasteiger partial charge is 0.173 e. The van der Waals surface area contributed by atoms with Gasteiger partial charge in [-0.05, 0) is 78.2 Å². The van der Waals surface area contributed by atoms with Crippen molar-refractivity contribution in [3.63, 3.8) is 0 Å². The summed E-state index contributed by atoms with van der Waals surface area (Å²) in [6.07, 6.45) is 2.52. The van der Waals surface area contributed by atoms with Crippen LogP contribution in [0, 0.1) is 25.2 Å². The molecule has 0 saturated heterocycles. The van der Waals surface area contributed by atoms with Crippen LogP contribution in [0.15, 0.2) is 12.1 Å². The van der Waals surface area contributed by atoms with Crippen molar-refractivity contribution >= 4 is 17.1 Å². The molecule has 0 aliphatic heterocycles. The van der Waals surface area contributed by atoms with Crippen LogP contribution in [0.3, 0.4) is 0 Å². The van der Waals surface area contributed by atoms with Crippen LogP contribution in [0.25, 0.3) is 0 Å². The number of fused-ring (bicyclic) bond motifs is 3. The number of benzene rings is 1. The average molecular weight is 486 g/mol. The van der Waals surface area contributed by atoms with Gasteiger partial charge in [0.15, 0.2) is 5.78 Å². The highest BCUT2D eigenvalue weighted by Crippen LogP contribution is 2.71. The van der Waals surface area contributed by atoms with Gasteiger partial charge in [0.2, 0.25) is 0 Å². The molecule has 2 aliphatic carbocycles. The molecule has 2 aliphatic rings. The Morgan fingerprint density at radius 3 is 2.79 bits per heavy atom. The molecule has 0 spiro atoms. The van der Waals surface area contributed by atoms with E-state index in [1.165, 1.54) is 16.0 Å². The van der Waals surface area contributed by atoms with Gasteiger partial charge in [0, 0.05) is 24.4 Å². The lowest BCUT2D eigenvalue weighted by Gasteiger charge is -2.18. The van der Waals surface area contributed by atoms with Crippen molar-refractivity contribution in [1.82, 2.24) is 5.32 Å². The molecule has 2 aromatic rings. The first-order chi connectivity index (χ1) is 16.2. The Hall–Kier alpha value is -1.73. The van der Waals surface area contributed by atoms with Crippen LogP contribution in [0.4, 0.5) is 0 Å². The van der Waals surface area contributed by atoms with Crippen molar-refractivity contribution in [2.75, 3.05) is 26.3 Å². The number of hydrogen-bond acceptors (Lipinski definition) is 6. The molecule has 0 radical (unpaired) electrons. The van der Waals surface area contributed by atoms with E-state index in [2.05, 4.69) is 45.1 Å². The van der Waals surface area contributed by atoms with Crippen LogP contribution in [0.5, 0.6) is 5.75 Å². The molecule has 1 saturated carbocycles. The molecule has 6 heteroatoms. The zero-order chi connectivity index (χ0) is 24.6. The molecule has 4 rings (SSSR count). The molecule has 0 amide bonds. The summed E-state index contributed by atoms with van der Waals surface area (Å²) in [5.41, 5.74) is 6.55. The molecule has 2 unspecified atom stereocenters. The number of rotatable bonds is 12. The van der Waals surface area contributed by atoms with Gasteiger partial charge in [0.25, 0.3) is 0 Å². The summed E-state index contributed by atoms with van der Waals surface area (Å²) in [4.78, 5) is 15.6. The van der Waals surface area contributed by atoms with Crippen molar-refractivity contribution < 1.29 is 19.7 Å². The highest BCUT2D eigenvalue weighted by molar-refractivity contribution is 7.14. The van der Waals surface area contributed by atoms with Gasteiger partial charge in [-0.3, -0.25) is 4.79 Å². The van der Waals surface area contributed by atoms with E-state index in [0.29, 0.717) is 30.8 Å². The molecular formula is C28H39NO4S. The molecule has 5 nitrogen and oxygen atoms in total. The van der Waals surface area contributed by atoms with E-state index < -0.39 is 6.10 Å². The van der Waals surface area contributed by atoms with Gasteiger partial charge in [-0.25, -0.2) is 0 Å². The minimum absolute atomic E-state index is 0.0460. The number of carbonyl (C=O) groups excluding carboxylic acids is 1. The Bertz CT molecular complexity index is 1060. The summed E-state index contributed by atoms with van der Waals surface area (Å²) in [5.74, 6) is 2.49. The van der Waals surface area contributed by atoms with E-state index >= 15 is 0 Å². The first-order valence-electron chi connectivity index (χ1n) is 12.6. The van der Waals surface area contributed by atoms with E-state index in [1.54, 1.807) is 11.3 Å². The molecule has 186 valence electrons. The second-order valence-corrected chi connectivity index (χ2v) is 11.8. The maximum atomic E-state index is 13.2. The fraction of sp³-hybridized carbons (Fsp3) is 0.607. The standard InChI is InChI=1S/C28H39NO4S/c1-6-19-12-18(11-16(2)26(19)33-15-20(31)14-29-9-10-30)7-8-23(32)27-21-13-22-25(28(22,4)5)24(21)17(3)34-27/h11-12,20,22,25,29-31H,6-10,13-15H2,1-5H3/t20?,22-,25?/m0/s1. The molecule has 0 bridgehead atoms. The Morgan fingerprint density at radius 2 is 2.09 bits per heavy atom. The van der Waals surface area contributed by atoms with E-state index in [9.17, 15) is 9.90 Å². The maximum Gasteiger partial charge on any atom is 0.173 e. The molecule has 34 heavy (non-hydrogen) atoms. The topological polar surface area (TPSA) is 78.8 Å². The van der Waals surface area contributed by atoms with Gasteiger partial charge in [0.1, 0.15) is 18.5 Å². The third-order valence-corrected chi connectivity index (χ3v) is 9.00. The number of thiophene rings is 1. The van der Waals surface area contributed by atoms with Gasteiger partial charge in [-0.15, -0.1) is 11.3 Å². The Kier molecular flexibility index (Phi) is 7.53. The third-order valence-electron chi connectivity index (χ3n) is 7.79. The monoisotopic (exact) mass is 485 g/mol. The SMILES string of the molecule is CCc1cc(CCC(=O)c2sc(C)c3c2C[C@H]2C3C2(C)C)cc(C)c1OCC(O)CNCCO. The first-order valence-corrected chi connectivity index (χ1v) is 13.4. The largest absolute Gasteiger partial charge is 0.490 e. The molecule has 1 aromatic heterocycles. The molecule has 3 atom stereocenters. The average Bonchev–Trinajstić information content (AvgIpc) is 3.11. The zero-order valence-electron chi connectivity index (χ0n) is 21.2. The number of hydrogen-bond donors (Lipinski definition) is 3. The second kappa shape index (κ2) is 10.1. The van der Waals surface area contributed by atoms with Crippen LogP contribution in [0.2, 0.25) is 0 Å². The van der Waals surface area contributed by atoms with E-state index in [4.69, 9.17) is 9.84 Å². The van der Waals surface area contributed by atoms with E-state index in [0.717, 1.165) is 52.5 Å². The number of ether oxygens (including phenoxy) is 1. The Balaban J connectivity index is 1.39. The van der Waals surface area contributed by atoms with Gasteiger partial charge in [-0.2, -0.15) is 0 Å². The minimum Gasteiger partial charge on any atom is -0.490 e. The second-order valence-electron chi connectivity index (χ2n) is 10.6. The molecule has 1 heterocycles. The van der Waals surface area contributed by atoms with Gasteiger partial charge in [-0.1, -0.05) is 32.9 Å². The summed E-state index contributed by atoms with van der Waals surface area (Å²) in [7, 11) is 0. The summed E-state index contributed by atoms with van der Waals surface area (Å²) < 4.78 is 5.97. The lowest BCUT2D eigenvalue weighted by Crippen LogP contribution is -2.33. The van der Waals surface area contributed by atoms with Gasteiger partial charge >= 0.3 is 0 Å². The number of aliphatic hydroxyl groups is 2. The molecular weight excluding hydrogens is 446 g/mol. The van der Waals surface area contributed by atoms with Crippen molar-refractivity contribution in [3.8, 4) is 5.75 Å². The van der Waals surface area contributed by atoms with Crippen molar-refractivity contribution in [2.45, 2.75) is 72.3 Å². The maximum absolute atomic E-state index is 13.2.